The van der Waals surface area contributed by atoms with Crippen molar-refractivity contribution in [2.24, 2.45) is 0 Å². The fourth-order valence-corrected chi connectivity index (χ4v) is 2.85. The van der Waals surface area contributed by atoms with E-state index >= 15 is 0 Å². The lowest BCUT2D eigenvalue weighted by Gasteiger charge is -2.26. The minimum absolute atomic E-state index is 0.799. The zero-order valence-electron chi connectivity index (χ0n) is 10.8. The summed E-state index contributed by atoms with van der Waals surface area (Å²) in [4.78, 5) is 6.34. The molecule has 19 heavy (non-hydrogen) atoms. The first-order valence-corrected chi connectivity index (χ1v) is 7.73. The van der Waals surface area contributed by atoms with Gasteiger partial charge in [-0.3, -0.25) is 4.98 Å². The van der Waals surface area contributed by atoms with Crippen molar-refractivity contribution in [2.75, 3.05) is 11.4 Å². The van der Waals surface area contributed by atoms with Crippen LogP contribution in [0.3, 0.4) is 0 Å². The molecule has 1 heterocycles. The standard InChI is InChI=1S/C15H16BrClN2/c1-2-19(11-12-6-8-18-9-7-12)15-13(10-16)4-3-5-14(15)17/h3-9H,2,10-11H2,1H3. The Kier molecular flexibility index (Phi) is 5.23. The van der Waals surface area contributed by atoms with Crippen molar-refractivity contribution in [1.82, 2.24) is 4.98 Å². The van der Waals surface area contributed by atoms with E-state index in [1.807, 2.05) is 36.7 Å². The summed E-state index contributed by atoms with van der Waals surface area (Å²) in [6, 6.07) is 10.1. The number of para-hydroxylation sites is 1. The van der Waals surface area contributed by atoms with Crippen LogP contribution in [0.4, 0.5) is 5.69 Å². The second-order valence-corrected chi connectivity index (χ2v) is 5.22. The smallest absolute Gasteiger partial charge is 0.0642 e. The average molecular weight is 340 g/mol. The molecule has 1 aromatic carbocycles. The van der Waals surface area contributed by atoms with Crippen LogP contribution in [-0.4, -0.2) is 11.5 Å². The van der Waals surface area contributed by atoms with E-state index in [4.69, 9.17) is 11.6 Å². The molecular formula is C15H16BrClN2. The van der Waals surface area contributed by atoms with E-state index in [9.17, 15) is 0 Å². The number of halogens is 2. The molecule has 0 aliphatic carbocycles. The molecule has 0 aliphatic rings. The van der Waals surface area contributed by atoms with Gasteiger partial charge in [-0.15, -0.1) is 0 Å². The highest BCUT2D eigenvalue weighted by Gasteiger charge is 2.13. The number of anilines is 1. The number of pyridine rings is 1. The first-order chi connectivity index (χ1) is 9.26. The van der Waals surface area contributed by atoms with Gasteiger partial charge in [0, 0.05) is 30.8 Å². The Labute approximate surface area is 127 Å². The predicted octanol–water partition coefficient (Wildman–Crippen LogP) is 4.66. The third-order valence-corrected chi connectivity index (χ3v) is 3.94. The van der Waals surface area contributed by atoms with Crippen LogP contribution in [-0.2, 0) is 11.9 Å². The number of nitrogens with zero attached hydrogens (tertiary/aromatic N) is 2. The molecule has 0 aliphatic heterocycles. The normalized spacial score (nSPS) is 10.5. The van der Waals surface area contributed by atoms with Crippen molar-refractivity contribution < 1.29 is 0 Å². The summed E-state index contributed by atoms with van der Waals surface area (Å²) in [6.07, 6.45) is 3.64. The number of hydrogen-bond acceptors (Lipinski definition) is 2. The summed E-state index contributed by atoms with van der Waals surface area (Å²) >= 11 is 9.90. The van der Waals surface area contributed by atoms with Gasteiger partial charge in [0.2, 0.25) is 0 Å². The Hall–Kier alpha value is -1.06. The van der Waals surface area contributed by atoms with E-state index in [1.165, 1.54) is 11.1 Å². The van der Waals surface area contributed by atoms with Gasteiger partial charge in [-0.05, 0) is 36.2 Å². The largest absolute Gasteiger partial charge is 0.366 e. The lowest BCUT2D eigenvalue weighted by molar-refractivity contribution is 0.826. The third-order valence-electron chi connectivity index (χ3n) is 3.04. The van der Waals surface area contributed by atoms with E-state index in [-0.39, 0.29) is 0 Å². The van der Waals surface area contributed by atoms with Crippen molar-refractivity contribution in [2.45, 2.75) is 18.8 Å². The first-order valence-electron chi connectivity index (χ1n) is 6.23. The molecule has 0 unspecified atom stereocenters. The van der Waals surface area contributed by atoms with Gasteiger partial charge in [0.1, 0.15) is 0 Å². The summed E-state index contributed by atoms with van der Waals surface area (Å²) in [7, 11) is 0. The molecule has 0 saturated carbocycles. The number of benzene rings is 1. The Morgan fingerprint density at radius 2 is 1.95 bits per heavy atom. The molecule has 100 valence electrons. The molecule has 2 aromatic rings. The van der Waals surface area contributed by atoms with Crippen molar-refractivity contribution >= 4 is 33.2 Å². The van der Waals surface area contributed by atoms with Gasteiger partial charge in [0.15, 0.2) is 0 Å². The van der Waals surface area contributed by atoms with Gasteiger partial charge in [-0.25, -0.2) is 0 Å². The highest BCUT2D eigenvalue weighted by atomic mass is 79.9. The summed E-state index contributed by atoms with van der Waals surface area (Å²) < 4.78 is 0. The van der Waals surface area contributed by atoms with Crippen LogP contribution in [0.2, 0.25) is 5.02 Å². The monoisotopic (exact) mass is 338 g/mol. The van der Waals surface area contributed by atoms with Crippen molar-refractivity contribution in [3.8, 4) is 0 Å². The molecule has 4 heteroatoms. The fourth-order valence-electron chi connectivity index (χ4n) is 2.08. The summed E-state index contributed by atoms with van der Waals surface area (Å²) in [5.74, 6) is 0. The number of hydrogen-bond donors (Lipinski definition) is 0. The van der Waals surface area contributed by atoms with Crippen molar-refractivity contribution in [3.05, 3.63) is 58.9 Å². The van der Waals surface area contributed by atoms with Crippen LogP contribution < -0.4 is 4.90 Å². The molecule has 0 atom stereocenters. The zero-order chi connectivity index (χ0) is 13.7. The van der Waals surface area contributed by atoms with Crippen LogP contribution in [0, 0.1) is 0 Å². The zero-order valence-corrected chi connectivity index (χ0v) is 13.2. The van der Waals surface area contributed by atoms with Crippen LogP contribution in [0.15, 0.2) is 42.7 Å². The molecule has 0 radical (unpaired) electrons. The van der Waals surface area contributed by atoms with Crippen LogP contribution in [0.5, 0.6) is 0 Å². The lowest BCUT2D eigenvalue weighted by atomic mass is 10.1. The van der Waals surface area contributed by atoms with Crippen LogP contribution in [0.25, 0.3) is 0 Å². The SMILES string of the molecule is CCN(Cc1ccncc1)c1c(Cl)cccc1CBr. The van der Waals surface area contributed by atoms with Gasteiger partial charge in [-0.1, -0.05) is 39.7 Å². The van der Waals surface area contributed by atoms with Crippen LogP contribution in [0.1, 0.15) is 18.1 Å². The maximum absolute atomic E-state index is 6.37. The number of alkyl halides is 1. The maximum Gasteiger partial charge on any atom is 0.0642 e. The van der Waals surface area contributed by atoms with Gasteiger partial charge in [0.05, 0.1) is 10.7 Å². The molecule has 0 spiro atoms. The quantitative estimate of drug-likeness (QED) is 0.737. The minimum Gasteiger partial charge on any atom is -0.366 e. The topological polar surface area (TPSA) is 16.1 Å². The second-order valence-electron chi connectivity index (χ2n) is 4.25. The van der Waals surface area contributed by atoms with E-state index in [0.29, 0.717) is 0 Å². The van der Waals surface area contributed by atoms with E-state index < -0.39 is 0 Å². The second kappa shape index (κ2) is 6.92. The third kappa shape index (κ3) is 3.48. The number of aromatic nitrogens is 1. The predicted molar refractivity (Wildman–Crippen MR) is 85.0 cm³/mol. The van der Waals surface area contributed by atoms with Gasteiger partial charge in [0.25, 0.3) is 0 Å². The minimum atomic E-state index is 0.799. The highest BCUT2D eigenvalue weighted by molar-refractivity contribution is 9.08. The highest BCUT2D eigenvalue weighted by Crippen LogP contribution is 2.32. The lowest BCUT2D eigenvalue weighted by Crippen LogP contribution is -2.23. The van der Waals surface area contributed by atoms with Crippen molar-refractivity contribution in [1.29, 1.82) is 0 Å². The first kappa shape index (κ1) is 14.4. The summed E-state index contributed by atoms with van der Waals surface area (Å²) in [5.41, 5.74) is 3.56. The molecule has 0 amide bonds. The Morgan fingerprint density at radius 1 is 1.21 bits per heavy atom. The van der Waals surface area contributed by atoms with Crippen molar-refractivity contribution in [3.63, 3.8) is 0 Å². The van der Waals surface area contributed by atoms with E-state index in [1.54, 1.807) is 0 Å². The van der Waals surface area contributed by atoms with E-state index in [2.05, 4.69) is 38.8 Å². The molecule has 2 nitrogen and oxygen atoms in total. The summed E-state index contributed by atoms with van der Waals surface area (Å²) in [6.45, 7) is 3.89. The molecule has 0 bridgehead atoms. The molecular weight excluding hydrogens is 324 g/mol. The van der Waals surface area contributed by atoms with Gasteiger partial charge in [-0.2, -0.15) is 0 Å². The molecule has 1 aromatic heterocycles. The Morgan fingerprint density at radius 3 is 2.58 bits per heavy atom. The van der Waals surface area contributed by atoms with Gasteiger partial charge < -0.3 is 4.90 Å². The molecule has 0 saturated heterocycles. The summed E-state index contributed by atoms with van der Waals surface area (Å²) in [5, 5.41) is 1.60. The molecule has 2 rings (SSSR count). The Bertz CT molecular complexity index is 531. The Balaban J connectivity index is 2.32. The van der Waals surface area contributed by atoms with Gasteiger partial charge >= 0.3 is 0 Å². The maximum atomic E-state index is 6.37. The number of rotatable bonds is 5. The van der Waals surface area contributed by atoms with Crippen LogP contribution >= 0.6 is 27.5 Å². The van der Waals surface area contributed by atoms with E-state index in [0.717, 1.165) is 29.1 Å². The fraction of sp³-hybridized carbons (Fsp3) is 0.267. The molecule has 0 N–H and O–H groups in total. The molecule has 0 fully saturated rings. The average Bonchev–Trinajstić information content (AvgIpc) is 2.46.